The lowest BCUT2D eigenvalue weighted by atomic mass is 9.91. The van der Waals surface area contributed by atoms with Gasteiger partial charge in [0, 0.05) is 24.7 Å². The van der Waals surface area contributed by atoms with Gasteiger partial charge in [0.1, 0.15) is 11.2 Å². The van der Waals surface area contributed by atoms with Crippen molar-refractivity contribution in [2.45, 2.75) is 25.7 Å². The van der Waals surface area contributed by atoms with Crippen LogP contribution < -0.4 is 5.56 Å². The van der Waals surface area contributed by atoms with Crippen molar-refractivity contribution in [3.63, 3.8) is 0 Å². The van der Waals surface area contributed by atoms with E-state index in [1.807, 2.05) is 0 Å². The van der Waals surface area contributed by atoms with Gasteiger partial charge >= 0.3 is 0 Å². The van der Waals surface area contributed by atoms with Crippen LogP contribution in [-0.2, 0) is 11.8 Å². The fourth-order valence-corrected chi connectivity index (χ4v) is 3.36. The largest absolute Gasteiger partial charge is 0.381 e. The number of nitrogens with zero attached hydrogens (tertiary/aromatic N) is 2. The van der Waals surface area contributed by atoms with Crippen molar-refractivity contribution in [2.24, 2.45) is 7.05 Å². The third-order valence-corrected chi connectivity index (χ3v) is 4.62. The molecule has 1 aliphatic heterocycles. The summed E-state index contributed by atoms with van der Waals surface area (Å²) in [6.07, 6.45) is 2.07. The Balaban J connectivity index is 2.20. The van der Waals surface area contributed by atoms with Gasteiger partial charge < -0.3 is 9.30 Å². The number of hydrogen-bond acceptors (Lipinski definition) is 3. The van der Waals surface area contributed by atoms with Crippen LogP contribution in [0.2, 0.25) is 0 Å². The van der Waals surface area contributed by atoms with Crippen molar-refractivity contribution in [3.8, 4) is 0 Å². The molecule has 2 aromatic rings. The molecule has 1 aromatic heterocycles. The second kappa shape index (κ2) is 5.30. The maximum Gasteiger partial charge on any atom is 0.272 e. The van der Waals surface area contributed by atoms with Gasteiger partial charge in [-0.25, -0.2) is 4.98 Å². The average Bonchev–Trinajstić information content (AvgIpc) is 2.47. The zero-order valence-corrected chi connectivity index (χ0v) is 13.2. The predicted octanol–water partition coefficient (Wildman–Crippen LogP) is 2.90. The van der Waals surface area contributed by atoms with E-state index in [-0.39, 0.29) is 5.56 Å². The van der Waals surface area contributed by atoms with Crippen molar-refractivity contribution in [3.05, 3.63) is 38.2 Å². The molecule has 3 rings (SSSR count). The topological polar surface area (TPSA) is 44.1 Å². The number of rotatable bonds is 1. The molecule has 1 saturated heterocycles. The molecule has 1 fully saturated rings. The molecule has 0 unspecified atom stereocenters. The first-order valence-electron chi connectivity index (χ1n) is 6.82. The van der Waals surface area contributed by atoms with Crippen molar-refractivity contribution in [1.29, 1.82) is 0 Å². The van der Waals surface area contributed by atoms with Crippen LogP contribution >= 0.6 is 15.9 Å². The van der Waals surface area contributed by atoms with Gasteiger partial charge in [-0.15, -0.1) is 0 Å². The Morgan fingerprint density at radius 1 is 1.35 bits per heavy atom. The van der Waals surface area contributed by atoms with Crippen molar-refractivity contribution in [1.82, 2.24) is 9.55 Å². The van der Waals surface area contributed by atoms with Crippen LogP contribution in [-0.4, -0.2) is 22.8 Å². The minimum Gasteiger partial charge on any atom is -0.381 e. The summed E-state index contributed by atoms with van der Waals surface area (Å²) in [5, 5.41) is 0. The SMILES string of the molecule is Cc1nc2c(Br)cc(C3CCOCC3)cc2n(C)c1=O. The Morgan fingerprint density at radius 3 is 2.75 bits per heavy atom. The lowest BCUT2D eigenvalue weighted by Crippen LogP contribution is -2.21. The van der Waals surface area contributed by atoms with E-state index in [1.54, 1.807) is 18.5 Å². The molecule has 0 bridgehead atoms. The third-order valence-electron chi connectivity index (χ3n) is 4.01. The smallest absolute Gasteiger partial charge is 0.272 e. The summed E-state index contributed by atoms with van der Waals surface area (Å²) in [4.78, 5) is 16.5. The zero-order valence-electron chi connectivity index (χ0n) is 11.6. The number of benzene rings is 1. The monoisotopic (exact) mass is 336 g/mol. The fourth-order valence-electron chi connectivity index (χ4n) is 2.81. The highest BCUT2D eigenvalue weighted by molar-refractivity contribution is 9.10. The average molecular weight is 337 g/mol. The molecule has 2 heterocycles. The first-order valence-corrected chi connectivity index (χ1v) is 7.61. The molecule has 0 atom stereocenters. The van der Waals surface area contributed by atoms with Gasteiger partial charge in [-0.1, -0.05) is 0 Å². The Labute approximate surface area is 125 Å². The first-order chi connectivity index (χ1) is 9.58. The third kappa shape index (κ3) is 2.29. The predicted molar refractivity (Wildman–Crippen MR) is 82.2 cm³/mol. The molecule has 0 spiro atoms. The molecule has 0 aliphatic carbocycles. The second-order valence-electron chi connectivity index (χ2n) is 5.32. The number of fused-ring (bicyclic) bond motifs is 1. The number of aryl methyl sites for hydroxylation is 2. The minimum atomic E-state index is -0.0338. The molecule has 0 saturated carbocycles. The van der Waals surface area contributed by atoms with Gasteiger partial charge in [-0.05, 0) is 59.3 Å². The van der Waals surface area contributed by atoms with Gasteiger partial charge in [-0.2, -0.15) is 0 Å². The van der Waals surface area contributed by atoms with Crippen LogP contribution in [0.15, 0.2) is 21.4 Å². The van der Waals surface area contributed by atoms with E-state index >= 15 is 0 Å². The lowest BCUT2D eigenvalue weighted by Gasteiger charge is -2.23. The summed E-state index contributed by atoms with van der Waals surface area (Å²) in [5.41, 5.74) is 3.48. The van der Waals surface area contributed by atoms with Gasteiger partial charge in [0.15, 0.2) is 0 Å². The van der Waals surface area contributed by atoms with E-state index in [1.165, 1.54) is 5.56 Å². The Bertz CT molecular complexity index is 718. The van der Waals surface area contributed by atoms with E-state index in [4.69, 9.17) is 4.74 Å². The van der Waals surface area contributed by atoms with Crippen LogP contribution in [0.4, 0.5) is 0 Å². The van der Waals surface area contributed by atoms with Crippen molar-refractivity contribution >= 4 is 27.0 Å². The molecular formula is C15H17BrN2O2. The second-order valence-corrected chi connectivity index (χ2v) is 6.17. The lowest BCUT2D eigenvalue weighted by molar-refractivity contribution is 0.0853. The number of halogens is 1. The molecule has 5 heteroatoms. The summed E-state index contributed by atoms with van der Waals surface area (Å²) in [5.74, 6) is 0.501. The van der Waals surface area contributed by atoms with Crippen LogP contribution in [0, 0.1) is 6.92 Å². The highest BCUT2D eigenvalue weighted by Crippen LogP contribution is 2.32. The molecular weight excluding hydrogens is 320 g/mol. The highest BCUT2D eigenvalue weighted by Gasteiger charge is 2.18. The van der Waals surface area contributed by atoms with Gasteiger partial charge in [0.25, 0.3) is 5.56 Å². The molecule has 106 valence electrons. The van der Waals surface area contributed by atoms with Crippen LogP contribution in [0.1, 0.15) is 30.0 Å². The molecule has 0 amide bonds. The van der Waals surface area contributed by atoms with Crippen LogP contribution in [0.5, 0.6) is 0 Å². The summed E-state index contributed by atoms with van der Waals surface area (Å²) in [6.45, 7) is 3.37. The summed E-state index contributed by atoms with van der Waals surface area (Å²) in [7, 11) is 1.81. The first kappa shape index (κ1) is 13.8. The number of hydrogen-bond donors (Lipinski definition) is 0. The van der Waals surface area contributed by atoms with E-state index < -0.39 is 0 Å². The molecule has 1 aromatic carbocycles. The van der Waals surface area contributed by atoms with Gasteiger partial charge in [0.05, 0.1) is 5.52 Å². The van der Waals surface area contributed by atoms with Gasteiger partial charge in [0.2, 0.25) is 0 Å². The fraction of sp³-hybridized carbons (Fsp3) is 0.467. The molecule has 4 nitrogen and oxygen atoms in total. The van der Waals surface area contributed by atoms with Crippen molar-refractivity contribution in [2.75, 3.05) is 13.2 Å². The van der Waals surface area contributed by atoms with Crippen LogP contribution in [0.25, 0.3) is 11.0 Å². The Morgan fingerprint density at radius 2 is 2.05 bits per heavy atom. The summed E-state index contributed by atoms with van der Waals surface area (Å²) < 4.78 is 8.06. The summed E-state index contributed by atoms with van der Waals surface area (Å²) >= 11 is 3.60. The normalized spacial score (nSPS) is 16.8. The molecule has 20 heavy (non-hydrogen) atoms. The quantitative estimate of drug-likeness (QED) is 0.804. The number of ether oxygens (including phenoxy) is 1. The van der Waals surface area contributed by atoms with E-state index in [0.29, 0.717) is 11.6 Å². The van der Waals surface area contributed by atoms with E-state index in [0.717, 1.165) is 41.6 Å². The Kier molecular flexibility index (Phi) is 3.65. The molecule has 0 radical (unpaired) electrons. The molecule has 1 aliphatic rings. The zero-order chi connectivity index (χ0) is 14.3. The van der Waals surface area contributed by atoms with E-state index in [9.17, 15) is 4.79 Å². The summed E-state index contributed by atoms with van der Waals surface area (Å²) in [6, 6.07) is 4.24. The maximum atomic E-state index is 12.0. The molecule has 0 N–H and O–H groups in total. The van der Waals surface area contributed by atoms with Crippen molar-refractivity contribution < 1.29 is 4.74 Å². The maximum absolute atomic E-state index is 12.0. The van der Waals surface area contributed by atoms with Crippen LogP contribution in [0.3, 0.4) is 0 Å². The standard InChI is InChI=1S/C15H17BrN2O2/c1-9-15(19)18(2)13-8-11(7-12(16)14(13)17-9)10-3-5-20-6-4-10/h7-8,10H,3-6H2,1-2H3. The minimum absolute atomic E-state index is 0.0338. The highest BCUT2D eigenvalue weighted by atomic mass is 79.9. The number of aromatic nitrogens is 2. The van der Waals surface area contributed by atoms with E-state index in [2.05, 4.69) is 33.0 Å². The van der Waals surface area contributed by atoms with Gasteiger partial charge in [-0.3, -0.25) is 4.79 Å². The Hall–Kier alpha value is -1.20.